The Morgan fingerprint density at radius 2 is 2.11 bits per heavy atom. The first kappa shape index (κ1) is 15.3. The summed E-state index contributed by atoms with van der Waals surface area (Å²) in [4.78, 5) is 0. The topological polar surface area (TPSA) is 45.0 Å². The Labute approximate surface area is 110 Å². The highest BCUT2D eigenvalue weighted by molar-refractivity contribution is 5.39. The molecule has 0 saturated carbocycles. The van der Waals surface area contributed by atoms with E-state index in [9.17, 15) is 13.2 Å². The van der Waals surface area contributed by atoms with E-state index in [2.05, 4.69) is 5.32 Å². The zero-order valence-corrected chi connectivity index (χ0v) is 10.7. The maximum Gasteiger partial charge on any atom is 0.419 e. The lowest BCUT2D eigenvalue weighted by Gasteiger charge is -2.16. The Balaban J connectivity index is 3.07. The first-order valence-corrected chi connectivity index (χ1v) is 5.85. The molecule has 1 aromatic carbocycles. The second kappa shape index (κ2) is 6.43. The van der Waals surface area contributed by atoms with Crippen molar-refractivity contribution in [3.8, 4) is 11.8 Å². The number of ether oxygens (including phenoxy) is 1. The van der Waals surface area contributed by atoms with Crippen LogP contribution in [0.4, 0.5) is 13.2 Å². The largest absolute Gasteiger partial charge is 0.475 e. The molecule has 104 valence electrons. The maximum atomic E-state index is 12.9. The molecule has 0 aliphatic heterocycles. The highest BCUT2D eigenvalue weighted by Gasteiger charge is 2.35. The summed E-state index contributed by atoms with van der Waals surface area (Å²) >= 11 is 0. The number of nitrogens with zero attached hydrogens (tertiary/aromatic N) is 1. The van der Waals surface area contributed by atoms with Gasteiger partial charge in [-0.2, -0.15) is 18.4 Å². The predicted octanol–water partition coefficient (Wildman–Crippen LogP) is 3.11. The van der Waals surface area contributed by atoms with Gasteiger partial charge >= 0.3 is 6.18 Å². The Morgan fingerprint density at radius 3 is 2.63 bits per heavy atom. The minimum atomic E-state index is -4.51. The van der Waals surface area contributed by atoms with Crippen LogP contribution in [0.5, 0.6) is 5.75 Å². The van der Waals surface area contributed by atoms with Crippen LogP contribution in [0.1, 0.15) is 25.0 Å². The lowest BCUT2D eigenvalue weighted by atomic mass is 10.1. The van der Waals surface area contributed by atoms with Crippen LogP contribution in [0.2, 0.25) is 0 Å². The van der Waals surface area contributed by atoms with Gasteiger partial charge in [-0.15, -0.1) is 0 Å². The summed E-state index contributed by atoms with van der Waals surface area (Å²) < 4.78 is 43.7. The smallest absolute Gasteiger partial charge is 0.419 e. The maximum absolute atomic E-state index is 12.9. The molecule has 0 aliphatic rings. The number of benzene rings is 1. The van der Waals surface area contributed by atoms with Crippen molar-refractivity contribution in [1.82, 2.24) is 5.32 Å². The van der Waals surface area contributed by atoms with Crippen molar-refractivity contribution < 1.29 is 17.9 Å². The minimum Gasteiger partial charge on any atom is -0.475 e. The Bertz CT molecular complexity index is 466. The fraction of sp³-hybridized carbons (Fsp3) is 0.462. The van der Waals surface area contributed by atoms with E-state index in [-0.39, 0.29) is 5.75 Å². The molecule has 1 atom stereocenters. The molecule has 0 fully saturated rings. The highest BCUT2D eigenvalue weighted by Crippen LogP contribution is 2.37. The SMILES string of the molecule is CCNCc1ccc(OC(C)C#N)c(C(F)(F)F)c1. The fourth-order valence-corrected chi connectivity index (χ4v) is 1.50. The average molecular weight is 272 g/mol. The molecule has 0 spiro atoms. The van der Waals surface area contributed by atoms with E-state index in [1.54, 1.807) is 12.1 Å². The zero-order chi connectivity index (χ0) is 14.5. The van der Waals surface area contributed by atoms with Crippen LogP contribution in [0.3, 0.4) is 0 Å². The third-order valence-electron chi connectivity index (χ3n) is 2.41. The Kier molecular flexibility index (Phi) is 5.19. The van der Waals surface area contributed by atoms with E-state index in [4.69, 9.17) is 10.00 Å². The van der Waals surface area contributed by atoms with Gasteiger partial charge in [-0.1, -0.05) is 13.0 Å². The summed E-state index contributed by atoms with van der Waals surface area (Å²) in [5.74, 6) is -0.318. The molecule has 19 heavy (non-hydrogen) atoms. The van der Waals surface area contributed by atoms with Gasteiger partial charge < -0.3 is 10.1 Å². The molecule has 0 bridgehead atoms. The Morgan fingerprint density at radius 1 is 1.42 bits per heavy atom. The molecular formula is C13H15F3N2O. The third kappa shape index (κ3) is 4.45. The van der Waals surface area contributed by atoms with Gasteiger partial charge in [0, 0.05) is 6.54 Å². The second-order valence-electron chi connectivity index (χ2n) is 4.00. The number of rotatable bonds is 5. The lowest BCUT2D eigenvalue weighted by Crippen LogP contribution is -2.16. The number of hydrogen-bond acceptors (Lipinski definition) is 3. The van der Waals surface area contributed by atoms with Crippen LogP contribution < -0.4 is 10.1 Å². The molecule has 6 heteroatoms. The van der Waals surface area contributed by atoms with E-state index >= 15 is 0 Å². The number of nitriles is 1. The van der Waals surface area contributed by atoms with Crippen molar-refractivity contribution in [2.75, 3.05) is 6.54 Å². The van der Waals surface area contributed by atoms with Gasteiger partial charge in [-0.3, -0.25) is 0 Å². The van der Waals surface area contributed by atoms with E-state index < -0.39 is 17.8 Å². The number of hydrogen-bond donors (Lipinski definition) is 1. The molecule has 0 saturated heterocycles. The first-order valence-electron chi connectivity index (χ1n) is 5.85. The average Bonchev–Trinajstić information content (AvgIpc) is 2.36. The van der Waals surface area contributed by atoms with Crippen LogP contribution in [0.15, 0.2) is 18.2 Å². The molecule has 1 unspecified atom stereocenters. The number of halogens is 3. The van der Waals surface area contributed by atoms with Gasteiger partial charge in [-0.05, 0) is 31.2 Å². The monoisotopic (exact) mass is 272 g/mol. The number of alkyl halides is 3. The van der Waals surface area contributed by atoms with Crippen LogP contribution in [-0.4, -0.2) is 12.6 Å². The molecule has 0 amide bonds. The first-order chi connectivity index (χ1) is 8.88. The zero-order valence-electron chi connectivity index (χ0n) is 10.7. The molecule has 0 aromatic heterocycles. The summed E-state index contributed by atoms with van der Waals surface area (Å²) in [6, 6.07) is 5.59. The highest BCUT2D eigenvalue weighted by atomic mass is 19.4. The van der Waals surface area contributed by atoms with Gasteiger partial charge in [0.25, 0.3) is 0 Å². The molecule has 1 N–H and O–H groups in total. The molecule has 0 heterocycles. The van der Waals surface area contributed by atoms with Crippen molar-refractivity contribution in [2.24, 2.45) is 0 Å². The summed E-state index contributed by atoms with van der Waals surface area (Å²) in [5, 5.41) is 11.5. The van der Waals surface area contributed by atoms with E-state index in [1.807, 2.05) is 6.92 Å². The predicted molar refractivity (Wildman–Crippen MR) is 64.5 cm³/mol. The van der Waals surface area contributed by atoms with E-state index in [0.29, 0.717) is 18.7 Å². The van der Waals surface area contributed by atoms with Gasteiger partial charge in [0.1, 0.15) is 11.8 Å². The number of nitrogens with one attached hydrogen (secondary N) is 1. The van der Waals surface area contributed by atoms with E-state index in [0.717, 1.165) is 6.07 Å². The Hall–Kier alpha value is -1.74. The molecule has 1 aromatic rings. The summed E-state index contributed by atoms with van der Waals surface area (Å²) in [6.07, 6.45) is -5.44. The van der Waals surface area contributed by atoms with Gasteiger partial charge in [0.15, 0.2) is 6.10 Å². The van der Waals surface area contributed by atoms with Gasteiger partial charge in [0.2, 0.25) is 0 Å². The standard InChI is InChI=1S/C13H15F3N2O/c1-3-18-8-10-4-5-12(19-9(2)7-17)11(6-10)13(14,15)16/h4-6,9,18H,3,8H2,1-2H3. The second-order valence-corrected chi connectivity index (χ2v) is 4.00. The van der Waals surface area contributed by atoms with E-state index in [1.165, 1.54) is 13.0 Å². The van der Waals surface area contributed by atoms with Crippen LogP contribution >= 0.6 is 0 Å². The van der Waals surface area contributed by atoms with Crippen molar-refractivity contribution in [3.05, 3.63) is 29.3 Å². The minimum absolute atomic E-state index is 0.318. The van der Waals surface area contributed by atoms with Crippen LogP contribution in [0.25, 0.3) is 0 Å². The fourth-order valence-electron chi connectivity index (χ4n) is 1.50. The lowest BCUT2D eigenvalue weighted by molar-refractivity contribution is -0.139. The van der Waals surface area contributed by atoms with Crippen molar-refractivity contribution in [1.29, 1.82) is 5.26 Å². The summed E-state index contributed by atoms with van der Waals surface area (Å²) in [6.45, 7) is 4.29. The van der Waals surface area contributed by atoms with Crippen LogP contribution in [0, 0.1) is 11.3 Å². The molecule has 0 aliphatic carbocycles. The summed E-state index contributed by atoms with van der Waals surface area (Å²) in [7, 11) is 0. The quantitative estimate of drug-likeness (QED) is 0.895. The van der Waals surface area contributed by atoms with Crippen molar-refractivity contribution >= 4 is 0 Å². The summed E-state index contributed by atoms with van der Waals surface area (Å²) in [5.41, 5.74) is -0.337. The normalized spacial score (nSPS) is 12.8. The molecule has 3 nitrogen and oxygen atoms in total. The van der Waals surface area contributed by atoms with Crippen LogP contribution in [-0.2, 0) is 12.7 Å². The van der Waals surface area contributed by atoms with Gasteiger partial charge in [0.05, 0.1) is 5.56 Å². The van der Waals surface area contributed by atoms with Gasteiger partial charge in [-0.25, -0.2) is 0 Å². The van der Waals surface area contributed by atoms with Crippen molar-refractivity contribution in [2.45, 2.75) is 32.7 Å². The molecule has 1 rings (SSSR count). The van der Waals surface area contributed by atoms with Crippen molar-refractivity contribution in [3.63, 3.8) is 0 Å². The molecular weight excluding hydrogens is 257 g/mol. The third-order valence-corrected chi connectivity index (χ3v) is 2.41. The molecule has 0 radical (unpaired) electrons.